The molecule has 2 rings (SSSR count). The van der Waals surface area contributed by atoms with Gasteiger partial charge < -0.3 is 5.32 Å². The number of carbonyl (C=O) groups excluding carboxylic acids is 1. The van der Waals surface area contributed by atoms with Gasteiger partial charge in [-0.05, 0) is 31.4 Å². The second-order valence-electron chi connectivity index (χ2n) is 4.51. The Labute approximate surface area is 141 Å². The fraction of sp³-hybridized carbons (Fsp3) is 0.214. The normalized spacial score (nSPS) is 10.5. The molecule has 0 aliphatic rings. The number of aryl methyl sites for hydroxylation is 1. The lowest BCUT2D eigenvalue weighted by molar-refractivity contribution is -0.116. The number of anilines is 1. The van der Waals surface area contributed by atoms with Crippen molar-refractivity contribution in [3.8, 4) is 0 Å². The van der Waals surface area contributed by atoms with Crippen molar-refractivity contribution in [2.75, 3.05) is 11.6 Å². The average Bonchev–Trinajstić information content (AvgIpc) is 2.40. The number of hydrogen-bond acceptors (Lipinski definition) is 4. The van der Waals surface area contributed by atoms with E-state index in [1.165, 1.54) is 22.4 Å². The van der Waals surface area contributed by atoms with Gasteiger partial charge in [0.15, 0.2) is 5.16 Å². The fourth-order valence-corrected chi connectivity index (χ4v) is 3.00. The Hall–Kier alpha value is -1.50. The van der Waals surface area contributed by atoms with Crippen molar-refractivity contribution in [2.24, 2.45) is 0 Å². The lowest BCUT2D eigenvalue weighted by Gasteiger charge is -2.11. The number of benzene rings is 1. The molecule has 2 aromatic rings. The van der Waals surface area contributed by atoms with Crippen LogP contribution in [-0.2, 0) is 11.3 Å². The van der Waals surface area contributed by atoms with Gasteiger partial charge in [-0.25, -0.2) is 4.98 Å². The molecule has 8 heteroatoms. The standard InChI is InChI=1S/C14H13Cl2N3O2S/c1-8-3-13(21)19(14(17-8)22-2)7-12(20)18-11-5-9(15)4-10(16)6-11/h3-6H,7H2,1-2H3,(H,18,20). The molecule has 0 atom stereocenters. The largest absolute Gasteiger partial charge is 0.324 e. The number of hydrogen-bond donors (Lipinski definition) is 1. The number of halogens is 2. The molecule has 0 fully saturated rings. The highest BCUT2D eigenvalue weighted by Gasteiger charge is 2.11. The van der Waals surface area contributed by atoms with Gasteiger partial charge in [0.05, 0.1) is 0 Å². The van der Waals surface area contributed by atoms with E-state index in [0.717, 1.165) is 0 Å². The highest BCUT2D eigenvalue weighted by molar-refractivity contribution is 7.98. The summed E-state index contributed by atoms with van der Waals surface area (Å²) in [5.41, 5.74) is 0.824. The quantitative estimate of drug-likeness (QED) is 0.673. The number of amides is 1. The van der Waals surface area contributed by atoms with Crippen molar-refractivity contribution in [3.05, 3.63) is 50.4 Å². The van der Waals surface area contributed by atoms with Crippen LogP contribution in [0.4, 0.5) is 5.69 Å². The number of carbonyl (C=O) groups is 1. The van der Waals surface area contributed by atoms with Crippen LogP contribution >= 0.6 is 35.0 Å². The highest BCUT2D eigenvalue weighted by Crippen LogP contribution is 2.22. The molecule has 0 unspecified atom stereocenters. The Balaban J connectivity index is 2.21. The Morgan fingerprint density at radius 3 is 2.50 bits per heavy atom. The molecule has 0 spiro atoms. The molecule has 1 amide bonds. The summed E-state index contributed by atoms with van der Waals surface area (Å²) in [5.74, 6) is -0.360. The predicted octanol–water partition coefficient (Wildman–Crippen LogP) is 3.22. The molecule has 0 bridgehead atoms. The number of nitrogens with zero attached hydrogens (tertiary/aromatic N) is 2. The molecule has 5 nitrogen and oxygen atoms in total. The lowest BCUT2D eigenvalue weighted by Crippen LogP contribution is -2.29. The van der Waals surface area contributed by atoms with Crippen molar-refractivity contribution in [1.82, 2.24) is 9.55 Å². The van der Waals surface area contributed by atoms with E-state index >= 15 is 0 Å². The Morgan fingerprint density at radius 2 is 1.91 bits per heavy atom. The average molecular weight is 358 g/mol. The maximum absolute atomic E-state index is 12.1. The number of thioether (sulfide) groups is 1. The topological polar surface area (TPSA) is 64.0 Å². The molecular weight excluding hydrogens is 345 g/mol. The van der Waals surface area contributed by atoms with Crippen LogP contribution in [0.2, 0.25) is 10.0 Å². The van der Waals surface area contributed by atoms with Crippen LogP contribution in [0, 0.1) is 6.92 Å². The maximum atomic E-state index is 12.1. The lowest BCUT2D eigenvalue weighted by atomic mass is 10.3. The minimum Gasteiger partial charge on any atom is -0.324 e. The minimum atomic E-state index is -0.360. The van der Waals surface area contributed by atoms with E-state index < -0.39 is 0 Å². The summed E-state index contributed by atoms with van der Waals surface area (Å²) in [4.78, 5) is 28.4. The van der Waals surface area contributed by atoms with Crippen LogP contribution in [0.3, 0.4) is 0 Å². The van der Waals surface area contributed by atoms with E-state index in [-0.39, 0.29) is 18.0 Å². The van der Waals surface area contributed by atoms with E-state index in [2.05, 4.69) is 10.3 Å². The molecule has 1 N–H and O–H groups in total. The predicted molar refractivity (Wildman–Crippen MR) is 90.1 cm³/mol. The van der Waals surface area contributed by atoms with E-state index in [0.29, 0.717) is 26.6 Å². The summed E-state index contributed by atoms with van der Waals surface area (Å²) in [7, 11) is 0. The summed E-state index contributed by atoms with van der Waals surface area (Å²) >= 11 is 13.1. The Morgan fingerprint density at radius 1 is 1.27 bits per heavy atom. The van der Waals surface area contributed by atoms with Gasteiger partial charge in [0.25, 0.3) is 5.56 Å². The minimum absolute atomic E-state index is 0.133. The van der Waals surface area contributed by atoms with Crippen LogP contribution < -0.4 is 10.9 Å². The van der Waals surface area contributed by atoms with Crippen molar-refractivity contribution >= 4 is 46.6 Å². The van der Waals surface area contributed by atoms with E-state index in [1.54, 1.807) is 31.4 Å². The van der Waals surface area contributed by atoms with Gasteiger partial charge in [0.2, 0.25) is 5.91 Å². The molecule has 0 saturated heterocycles. The monoisotopic (exact) mass is 357 g/mol. The molecule has 0 aliphatic heterocycles. The SMILES string of the molecule is CSc1nc(C)cc(=O)n1CC(=O)Nc1cc(Cl)cc(Cl)c1. The first-order valence-corrected chi connectivity index (χ1v) is 8.25. The third kappa shape index (κ3) is 4.25. The second kappa shape index (κ2) is 7.17. The maximum Gasteiger partial charge on any atom is 0.254 e. The van der Waals surface area contributed by atoms with Crippen molar-refractivity contribution in [2.45, 2.75) is 18.6 Å². The Kier molecular flexibility index (Phi) is 5.50. The highest BCUT2D eigenvalue weighted by atomic mass is 35.5. The fourth-order valence-electron chi connectivity index (χ4n) is 1.87. The molecule has 22 heavy (non-hydrogen) atoms. The summed E-state index contributed by atoms with van der Waals surface area (Å²) in [6, 6.07) is 6.12. The van der Waals surface area contributed by atoms with E-state index in [9.17, 15) is 9.59 Å². The van der Waals surface area contributed by atoms with Crippen LogP contribution in [0.1, 0.15) is 5.69 Å². The molecule has 116 valence electrons. The zero-order valence-corrected chi connectivity index (χ0v) is 14.2. The molecule has 0 saturated carbocycles. The third-order valence-corrected chi connectivity index (χ3v) is 3.85. The zero-order valence-electron chi connectivity index (χ0n) is 11.9. The second-order valence-corrected chi connectivity index (χ2v) is 6.16. The molecular formula is C14H13Cl2N3O2S. The van der Waals surface area contributed by atoms with E-state index in [4.69, 9.17) is 23.2 Å². The first-order valence-electron chi connectivity index (χ1n) is 6.27. The smallest absolute Gasteiger partial charge is 0.254 e. The number of rotatable bonds is 4. The van der Waals surface area contributed by atoms with Crippen LogP contribution in [-0.4, -0.2) is 21.7 Å². The van der Waals surface area contributed by atoms with Gasteiger partial charge >= 0.3 is 0 Å². The van der Waals surface area contributed by atoms with Crippen molar-refractivity contribution in [1.29, 1.82) is 0 Å². The van der Waals surface area contributed by atoms with Gasteiger partial charge in [-0.1, -0.05) is 35.0 Å². The van der Waals surface area contributed by atoms with Crippen molar-refractivity contribution < 1.29 is 4.79 Å². The van der Waals surface area contributed by atoms with Gasteiger partial charge in [-0.15, -0.1) is 0 Å². The van der Waals surface area contributed by atoms with Crippen molar-refractivity contribution in [3.63, 3.8) is 0 Å². The first-order chi connectivity index (χ1) is 10.4. The number of aromatic nitrogens is 2. The molecule has 1 aromatic heterocycles. The Bertz CT molecular complexity index is 757. The van der Waals surface area contributed by atoms with Gasteiger partial charge in [-0.3, -0.25) is 14.2 Å². The molecule has 1 heterocycles. The first kappa shape index (κ1) is 16.9. The molecule has 0 aliphatic carbocycles. The van der Waals surface area contributed by atoms with E-state index in [1.807, 2.05) is 0 Å². The molecule has 0 radical (unpaired) electrons. The third-order valence-electron chi connectivity index (χ3n) is 2.73. The van der Waals surface area contributed by atoms with Crippen LogP contribution in [0.15, 0.2) is 34.2 Å². The van der Waals surface area contributed by atoms with Crippen LogP contribution in [0.5, 0.6) is 0 Å². The summed E-state index contributed by atoms with van der Waals surface area (Å²) in [6.45, 7) is 1.60. The summed E-state index contributed by atoms with van der Waals surface area (Å²) in [5, 5.41) is 3.99. The summed E-state index contributed by atoms with van der Waals surface area (Å²) in [6.07, 6.45) is 1.80. The van der Waals surface area contributed by atoms with Crippen LogP contribution in [0.25, 0.3) is 0 Å². The zero-order chi connectivity index (χ0) is 16.3. The van der Waals surface area contributed by atoms with Gasteiger partial charge in [0.1, 0.15) is 6.54 Å². The molecule has 1 aromatic carbocycles. The number of nitrogens with one attached hydrogen (secondary N) is 1. The van der Waals surface area contributed by atoms with Gasteiger partial charge in [-0.2, -0.15) is 0 Å². The summed E-state index contributed by atoms with van der Waals surface area (Å²) < 4.78 is 1.32. The van der Waals surface area contributed by atoms with Gasteiger partial charge in [0, 0.05) is 27.5 Å².